The van der Waals surface area contributed by atoms with E-state index in [1.54, 1.807) is 24.3 Å². The van der Waals surface area contributed by atoms with Crippen molar-refractivity contribution in [3.63, 3.8) is 0 Å². The van der Waals surface area contributed by atoms with Gasteiger partial charge in [0.2, 0.25) is 5.76 Å². The van der Waals surface area contributed by atoms with E-state index in [1.807, 2.05) is 0 Å². The van der Waals surface area contributed by atoms with Crippen LogP contribution in [0, 0.1) is 6.92 Å². The summed E-state index contributed by atoms with van der Waals surface area (Å²) in [7, 11) is 0. The molecule has 0 aliphatic carbocycles. The van der Waals surface area contributed by atoms with Crippen LogP contribution in [0.15, 0.2) is 27.4 Å². The average molecular weight is 307 g/mol. The van der Waals surface area contributed by atoms with Gasteiger partial charge in [0.1, 0.15) is 0 Å². The summed E-state index contributed by atoms with van der Waals surface area (Å²) in [5.41, 5.74) is 1.94. The van der Waals surface area contributed by atoms with Crippen LogP contribution >= 0.6 is 11.3 Å². The Morgan fingerprint density at radius 3 is 2.76 bits per heavy atom. The van der Waals surface area contributed by atoms with Gasteiger partial charge in [-0.1, -0.05) is 19.0 Å². The van der Waals surface area contributed by atoms with Gasteiger partial charge in [-0.05, 0) is 42.4 Å². The maximum atomic E-state index is 12.1. The second-order valence-corrected chi connectivity index (χ2v) is 5.62. The minimum atomic E-state index is -0.219. The Labute approximate surface area is 128 Å². The molecule has 2 aromatic rings. The van der Waals surface area contributed by atoms with E-state index in [1.165, 1.54) is 5.56 Å². The number of hydrogen-bond donors (Lipinski definition) is 1. The Morgan fingerprint density at radius 2 is 2.24 bits per heavy atom. The molecule has 114 valence electrons. The van der Waals surface area contributed by atoms with Crippen molar-refractivity contribution < 1.29 is 9.32 Å². The quantitative estimate of drug-likeness (QED) is 0.854. The highest BCUT2D eigenvalue weighted by Crippen LogP contribution is 2.22. The SMILES string of the molecule is CCN(CC)[C@H](CNC(=O)c1cc(C)no1)c1ccsc1. The molecule has 0 radical (unpaired) electrons. The molecule has 6 heteroatoms. The highest BCUT2D eigenvalue weighted by molar-refractivity contribution is 7.07. The zero-order chi connectivity index (χ0) is 15.2. The number of hydrogen-bond acceptors (Lipinski definition) is 5. The van der Waals surface area contributed by atoms with Gasteiger partial charge in [0, 0.05) is 12.6 Å². The molecule has 1 amide bonds. The van der Waals surface area contributed by atoms with Gasteiger partial charge in [-0.25, -0.2) is 0 Å². The molecule has 5 nitrogen and oxygen atoms in total. The van der Waals surface area contributed by atoms with Crippen LogP contribution in [0.5, 0.6) is 0 Å². The fraction of sp³-hybridized carbons (Fsp3) is 0.467. The van der Waals surface area contributed by atoms with Crippen molar-refractivity contribution in [3.05, 3.63) is 39.9 Å². The van der Waals surface area contributed by atoms with E-state index in [0.717, 1.165) is 13.1 Å². The number of thiophene rings is 1. The third-order valence-electron chi connectivity index (χ3n) is 3.49. The van der Waals surface area contributed by atoms with Gasteiger partial charge in [0.25, 0.3) is 5.91 Å². The highest BCUT2D eigenvalue weighted by Gasteiger charge is 2.20. The standard InChI is InChI=1S/C15H21N3O2S/c1-4-18(5-2)13(12-6-7-21-10-12)9-16-15(19)14-8-11(3)17-20-14/h6-8,10,13H,4-5,9H2,1-3H3,(H,16,19)/t13-/m1/s1. The molecule has 0 aliphatic rings. The van der Waals surface area contributed by atoms with Gasteiger partial charge in [0.05, 0.1) is 11.7 Å². The van der Waals surface area contributed by atoms with E-state index in [4.69, 9.17) is 4.52 Å². The maximum absolute atomic E-state index is 12.1. The Balaban J connectivity index is 2.04. The largest absolute Gasteiger partial charge is 0.351 e. The van der Waals surface area contributed by atoms with Crippen molar-refractivity contribution in [2.24, 2.45) is 0 Å². The molecule has 21 heavy (non-hydrogen) atoms. The molecule has 0 fully saturated rings. The molecular weight excluding hydrogens is 286 g/mol. The second-order valence-electron chi connectivity index (χ2n) is 4.84. The first-order chi connectivity index (χ1) is 10.2. The molecule has 0 saturated heterocycles. The van der Waals surface area contributed by atoms with Crippen LogP contribution in [0.25, 0.3) is 0 Å². The fourth-order valence-electron chi connectivity index (χ4n) is 2.33. The van der Waals surface area contributed by atoms with Crippen LogP contribution < -0.4 is 5.32 Å². The van der Waals surface area contributed by atoms with Crippen molar-refractivity contribution in [1.29, 1.82) is 0 Å². The molecular formula is C15H21N3O2S. The lowest BCUT2D eigenvalue weighted by Gasteiger charge is -2.29. The molecule has 0 aromatic carbocycles. The van der Waals surface area contributed by atoms with Gasteiger partial charge in [-0.15, -0.1) is 0 Å². The lowest BCUT2D eigenvalue weighted by Crippen LogP contribution is -2.37. The normalized spacial score (nSPS) is 12.6. The van der Waals surface area contributed by atoms with Crippen LogP contribution in [0.4, 0.5) is 0 Å². The number of likely N-dealkylation sites (N-methyl/N-ethyl adjacent to an activating group) is 1. The van der Waals surface area contributed by atoms with Gasteiger partial charge in [0.15, 0.2) is 0 Å². The molecule has 1 N–H and O–H groups in total. The fourth-order valence-corrected chi connectivity index (χ4v) is 3.04. The van der Waals surface area contributed by atoms with Crippen LogP contribution in [-0.2, 0) is 0 Å². The summed E-state index contributed by atoms with van der Waals surface area (Å²) in [5.74, 6) is 0.0408. The number of amides is 1. The summed E-state index contributed by atoms with van der Waals surface area (Å²) in [5, 5.41) is 10.9. The Kier molecular flexibility index (Phi) is 5.52. The summed E-state index contributed by atoms with van der Waals surface area (Å²) >= 11 is 1.67. The molecule has 0 spiro atoms. The molecule has 1 atom stereocenters. The number of rotatable bonds is 7. The molecule has 0 saturated carbocycles. The molecule has 0 bridgehead atoms. The summed E-state index contributed by atoms with van der Waals surface area (Å²) in [6.07, 6.45) is 0. The summed E-state index contributed by atoms with van der Waals surface area (Å²) < 4.78 is 4.99. The molecule has 2 heterocycles. The van der Waals surface area contributed by atoms with Crippen LogP contribution in [0.2, 0.25) is 0 Å². The third kappa shape index (κ3) is 3.92. The van der Waals surface area contributed by atoms with E-state index >= 15 is 0 Å². The second kappa shape index (κ2) is 7.38. The lowest BCUT2D eigenvalue weighted by molar-refractivity contribution is 0.0898. The number of nitrogens with zero attached hydrogens (tertiary/aromatic N) is 2. The van der Waals surface area contributed by atoms with Crippen LogP contribution in [-0.4, -0.2) is 35.6 Å². The number of nitrogens with one attached hydrogen (secondary N) is 1. The van der Waals surface area contributed by atoms with Crippen molar-refractivity contribution in [1.82, 2.24) is 15.4 Å². The number of carbonyl (C=O) groups is 1. The predicted octanol–water partition coefficient (Wildman–Crippen LogP) is 2.86. The van der Waals surface area contributed by atoms with Crippen LogP contribution in [0.3, 0.4) is 0 Å². The average Bonchev–Trinajstić information content (AvgIpc) is 3.14. The number of aromatic nitrogens is 1. The minimum absolute atomic E-state index is 0.180. The van der Waals surface area contributed by atoms with Crippen molar-refractivity contribution >= 4 is 17.2 Å². The zero-order valence-corrected chi connectivity index (χ0v) is 13.4. The van der Waals surface area contributed by atoms with E-state index in [9.17, 15) is 4.79 Å². The monoisotopic (exact) mass is 307 g/mol. The maximum Gasteiger partial charge on any atom is 0.289 e. The smallest absolute Gasteiger partial charge is 0.289 e. The van der Waals surface area contributed by atoms with Gasteiger partial charge in [-0.3, -0.25) is 9.69 Å². The molecule has 2 rings (SSSR count). The van der Waals surface area contributed by atoms with Crippen molar-refractivity contribution in [2.75, 3.05) is 19.6 Å². The van der Waals surface area contributed by atoms with E-state index in [0.29, 0.717) is 12.2 Å². The Bertz CT molecular complexity index is 561. The first-order valence-electron chi connectivity index (χ1n) is 7.13. The van der Waals surface area contributed by atoms with E-state index < -0.39 is 0 Å². The molecule has 2 aromatic heterocycles. The summed E-state index contributed by atoms with van der Waals surface area (Å²) in [4.78, 5) is 14.4. The van der Waals surface area contributed by atoms with Crippen molar-refractivity contribution in [2.45, 2.75) is 26.8 Å². The van der Waals surface area contributed by atoms with E-state index in [-0.39, 0.29) is 17.7 Å². The summed E-state index contributed by atoms with van der Waals surface area (Å²) in [6.45, 7) is 8.49. The number of aryl methyl sites for hydroxylation is 1. The predicted molar refractivity (Wildman–Crippen MR) is 83.6 cm³/mol. The Hall–Kier alpha value is -1.66. The first-order valence-corrected chi connectivity index (χ1v) is 8.07. The van der Waals surface area contributed by atoms with Crippen LogP contribution in [0.1, 0.15) is 41.7 Å². The Morgan fingerprint density at radius 1 is 1.48 bits per heavy atom. The van der Waals surface area contributed by atoms with Gasteiger partial charge in [-0.2, -0.15) is 11.3 Å². The van der Waals surface area contributed by atoms with Gasteiger partial charge < -0.3 is 9.84 Å². The highest BCUT2D eigenvalue weighted by atomic mass is 32.1. The summed E-state index contributed by atoms with van der Waals surface area (Å²) in [6, 6.07) is 3.93. The number of carbonyl (C=O) groups excluding carboxylic acids is 1. The lowest BCUT2D eigenvalue weighted by atomic mass is 10.1. The molecule has 0 aliphatic heterocycles. The first kappa shape index (κ1) is 15.7. The molecule has 0 unspecified atom stereocenters. The topological polar surface area (TPSA) is 58.4 Å². The minimum Gasteiger partial charge on any atom is -0.351 e. The zero-order valence-electron chi connectivity index (χ0n) is 12.6. The van der Waals surface area contributed by atoms with E-state index in [2.05, 4.69) is 46.0 Å². The van der Waals surface area contributed by atoms with Crippen molar-refractivity contribution in [3.8, 4) is 0 Å². The van der Waals surface area contributed by atoms with Gasteiger partial charge >= 0.3 is 0 Å². The third-order valence-corrected chi connectivity index (χ3v) is 4.19.